The van der Waals surface area contributed by atoms with E-state index in [1.165, 1.54) is 10.4 Å². The molecule has 3 aliphatic heterocycles. The van der Waals surface area contributed by atoms with Crippen molar-refractivity contribution in [3.05, 3.63) is 29.8 Å². The molecule has 1 aromatic carbocycles. The number of ether oxygens (including phenoxy) is 1. The van der Waals surface area contributed by atoms with E-state index in [9.17, 15) is 13.2 Å². The Bertz CT molecular complexity index is 980. The van der Waals surface area contributed by atoms with E-state index in [1.807, 2.05) is 0 Å². The molecule has 33 heavy (non-hydrogen) atoms. The van der Waals surface area contributed by atoms with Gasteiger partial charge in [0.1, 0.15) is 0 Å². The van der Waals surface area contributed by atoms with Gasteiger partial charge in [0.05, 0.1) is 16.5 Å². The fraction of sp³-hybridized carbons (Fsp3) is 0.652. The smallest absolute Gasteiger partial charge is 0.253 e. The zero-order chi connectivity index (χ0) is 23.6. The Labute approximate surface area is 196 Å². The molecule has 0 bridgehead atoms. The molecule has 1 spiro atoms. The molecule has 4 rings (SSSR count). The first-order valence-corrected chi connectivity index (χ1v) is 13.2. The zero-order valence-electron chi connectivity index (χ0n) is 19.5. The third-order valence-corrected chi connectivity index (χ3v) is 8.68. The van der Waals surface area contributed by atoms with Crippen molar-refractivity contribution >= 4 is 21.9 Å². The number of nitrogens with one attached hydrogen (secondary N) is 3. The second kappa shape index (κ2) is 9.60. The summed E-state index contributed by atoms with van der Waals surface area (Å²) in [7, 11) is -3.66. The molecule has 9 nitrogen and oxygen atoms in total. The predicted molar refractivity (Wildman–Crippen MR) is 126 cm³/mol. The molecule has 0 radical (unpaired) electrons. The van der Waals surface area contributed by atoms with Crippen LogP contribution in [0.4, 0.5) is 0 Å². The highest BCUT2D eigenvalue weighted by atomic mass is 32.2. The highest BCUT2D eigenvalue weighted by Crippen LogP contribution is 2.27. The molecule has 3 fully saturated rings. The van der Waals surface area contributed by atoms with Gasteiger partial charge in [0.15, 0.2) is 5.96 Å². The van der Waals surface area contributed by atoms with E-state index in [0.29, 0.717) is 69.6 Å². The van der Waals surface area contributed by atoms with E-state index in [2.05, 4.69) is 24.5 Å². The topological polar surface area (TPSA) is 115 Å². The second-order valence-corrected chi connectivity index (χ2v) is 11.7. The van der Waals surface area contributed by atoms with E-state index >= 15 is 0 Å². The SMILES string of the molecule is CC(C)COC1CCN(S(=O)(=O)c2cccc(C(=O)N3CCC4(CC3)CNC(=N)N4)c2)CC1. The molecular formula is C23H35N5O4S. The largest absolute Gasteiger partial charge is 0.378 e. The Morgan fingerprint density at radius 1 is 1.21 bits per heavy atom. The van der Waals surface area contributed by atoms with Gasteiger partial charge >= 0.3 is 0 Å². The molecular weight excluding hydrogens is 442 g/mol. The summed E-state index contributed by atoms with van der Waals surface area (Å²) in [6.07, 6.45) is 2.96. The molecule has 182 valence electrons. The number of carbonyl (C=O) groups is 1. The van der Waals surface area contributed by atoms with Crippen molar-refractivity contribution in [2.24, 2.45) is 5.92 Å². The predicted octanol–water partition coefficient (Wildman–Crippen LogP) is 1.61. The first kappa shape index (κ1) is 24.0. The third-order valence-electron chi connectivity index (χ3n) is 6.79. The fourth-order valence-corrected chi connectivity index (χ4v) is 6.26. The van der Waals surface area contributed by atoms with Gasteiger partial charge in [0.2, 0.25) is 10.0 Å². The van der Waals surface area contributed by atoms with Crippen LogP contribution < -0.4 is 10.6 Å². The van der Waals surface area contributed by atoms with Crippen molar-refractivity contribution in [3.8, 4) is 0 Å². The number of sulfonamides is 1. The Balaban J connectivity index is 1.38. The molecule has 3 saturated heterocycles. The molecule has 0 aliphatic carbocycles. The highest BCUT2D eigenvalue weighted by molar-refractivity contribution is 7.89. The van der Waals surface area contributed by atoms with Crippen molar-refractivity contribution in [1.29, 1.82) is 5.41 Å². The minimum absolute atomic E-state index is 0.0995. The standard InChI is InChI=1S/C23H35N5O4S/c1-17(2)15-32-19-6-10-28(11-7-19)33(30,31)20-5-3-4-18(14-20)21(29)27-12-8-23(9-13-27)16-25-22(24)26-23/h3-5,14,17,19H,6-13,15-16H2,1-2H3,(H3,24,25,26). The Hall–Kier alpha value is -2.17. The van der Waals surface area contributed by atoms with E-state index in [-0.39, 0.29) is 22.4 Å². The lowest BCUT2D eigenvalue weighted by Crippen LogP contribution is -2.53. The quantitative estimate of drug-likeness (QED) is 0.574. The van der Waals surface area contributed by atoms with Gasteiger partial charge in [-0.15, -0.1) is 0 Å². The summed E-state index contributed by atoms with van der Waals surface area (Å²) in [5.74, 6) is 0.643. The first-order chi connectivity index (χ1) is 15.7. The Morgan fingerprint density at radius 3 is 2.52 bits per heavy atom. The van der Waals surface area contributed by atoms with Gasteiger partial charge in [0.25, 0.3) is 5.91 Å². The van der Waals surface area contributed by atoms with Crippen LogP contribution >= 0.6 is 0 Å². The average Bonchev–Trinajstić information content (AvgIpc) is 3.17. The summed E-state index contributed by atoms with van der Waals surface area (Å²) in [6, 6.07) is 6.41. The molecule has 10 heteroatoms. The first-order valence-electron chi connectivity index (χ1n) is 11.8. The maximum Gasteiger partial charge on any atom is 0.253 e. The van der Waals surface area contributed by atoms with Crippen LogP contribution in [0.3, 0.4) is 0 Å². The number of rotatable bonds is 6. The van der Waals surface area contributed by atoms with Crippen LogP contribution in [0, 0.1) is 11.3 Å². The number of piperidine rings is 2. The molecule has 3 N–H and O–H groups in total. The number of amides is 1. The monoisotopic (exact) mass is 477 g/mol. The lowest BCUT2D eigenvalue weighted by molar-refractivity contribution is 0.00749. The van der Waals surface area contributed by atoms with Crippen LogP contribution in [-0.2, 0) is 14.8 Å². The maximum absolute atomic E-state index is 13.2. The van der Waals surface area contributed by atoms with Crippen molar-refractivity contribution < 1.29 is 17.9 Å². The van der Waals surface area contributed by atoms with Crippen LogP contribution in [0.5, 0.6) is 0 Å². The van der Waals surface area contributed by atoms with E-state index in [4.69, 9.17) is 10.1 Å². The van der Waals surface area contributed by atoms with Crippen LogP contribution in [0.25, 0.3) is 0 Å². The minimum atomic E-state index is -3.66. The summed E-state index contributed by atoms with van der Waals surface area (Å²) in [5, 5.41) is 13.9. The molecule has 1 aromatic rings. The number of likely N-dealkylation sites (tertiary alicyclic amines) is 1. The summed E-state index contributed by atoms with van der Waals surface area (Å²) >= 11 is 0. The molecule has 0 unspecified atom stereocenters. The molecule has 0 saturated carbocycles. The molecule has 0 atom stereocenters. The van der Waals surface area contributed by atoms with Gasteiger partial charge < -0.3 is 20.3 Å². The van der Waals surface area contributed by atoms with Gasteiger partial charge in [-0.3, -0.25) is 10.2 Å². The van der Waals surface area contributed by atoms with Gasteiger partial charge in [-0.1, -0.05) is 19.9 Å². The summed E-state index contributed by atoms with van der Waals surface area (Å²) in [6.45, 7) is 7.58. The van der Waals surface area contributed by atoms with Gasteiger partial charge in [-0.25, -0.2) is 8.42 Å². The summed E-state index contributed by atoms with van der Waals surface area (Å²) in [5.41, 5.74) is 0.233. The van der Waals surface area contributed by atoms with E-state index in [0.717, 1.165) is 12.8 Å². The number of nitrogens with zero attached hydrogens (tertiary/aromatic N) is 2. The van der Waals surface area contributed by atoms with Crippen molar-refractivity contribution in [1.82, 2.24) is 19.8 Å². The van der Waals surface area contributed by atoms with Crippen molar-refractivity contribution in [3.63, 3.8) is 0 Å². The number of benzene rings is 1. The van der Waals surface area contributed by atoms with Gasteiger partial charge in [-0.05, 0) is 49.8 Å². The number of carbonyl (C=O) groups excluding carboxylic acids is 1. The Morgan fingerprint density at radius 2 is 1.91 bits per heavy atom. The average molecular weight is 478 g/mol. The van der Waals surface area contributed by atoms with Crippen molar-refractivity contribution in [2.75, 3.05) is 39.3 Å². The van der Waals surface area contributed by atoms with Gasteiger partial charge in [-0.2, -0.15) is 4.31 Å². The minimum Gasteiger partial charge on any atom is -0.378 e. The van der Waals surface area contributed by atoms with Crippen LogP contribution in [0.1, 0.15) is 49.9 Å². The molecule has 3 heterocycles. The van der Waals surface area contributed by atoms with E-state index < -0.39 is 10.0 Å². The Kier molecular flexibility index (Phi) is 6.97. The fourth-order valence-electron chi connectivity index (χ4n) is 4.74. The number of guanidine groups is 1. The summed E-state index contributed by atoms with van der Waals surface area (Å²) < 4.78 is 33.9. The number of hydrogen-bond donors (Lipinski definition) is 3. The van der Waals surface area contributed by atoms with Crippen LogP contribution in [0.2, 0.25) is 0 Å². The molecule has 0 aromatic heterocycles. The van der Waals surface area contributed by atoms with E-state index in [1.54, 1.807) is 23.1 Å². The van der Waals surface area contributed by atoms with Gasteiger partial charge in [0, 0.05) is 44.9 Å². The molecule has 3 aliphatic rings. The maximum atomic E-state index is 13.2. The highest BCUT2D eigenvalue weighted by Gasteiger charge is 2.40. The second-order valence-electron chi connectivity index (χ2n) is 9.78. The molecule has 1 amide bonds. The zero-order valence-corrected chi connectivity index (χ0v) is 20.3. The third kappa shape index (κ3) is 5.33. The van der Waals surface area contributed by atoms with Crippen LogP contribution in [0.15, 0.2) is 29.2 Å². The number of hydrogen-bond acceptors (Lipinski definition) is 5. The lowest BCUT2D eigenvalue weighted by atomic mass is 9.88. The van der Waals surface area contributed by atoms with Crippen LogP contribution in [-0.4, -0.2) is 80.5 Å². The lowest BCUT2D eigenvalue weighted by Gasteiger charge is -2.38. The van der Waals surface area contributed by atoms with Crippen molar-refractivity contribution in [2.45, 2.75) is 56.1 Å². The summed E-state index contributed by atoms with van der Waals surface area (Å²) in [4.78, 5) is 15.1. The normalized spacial score (nSPS) is 21.9.